The first-order valence-electron chi connectivity index (χ1n) is 12.8. The van der Waals surface area contributed by atoms with Gasteiger partial charge in [0.15, 0.2) is 5.76 Å². The second-order valence-electron chi connectivity index (χ2n) is 9.70. The third kappa shape index (κ3) is 5.32. The van der Waals surface area contributed by atoms with Crippen LogP contribution < -0.4 is 15.8 Å². The Bertz CT molecular complexity index is 1840. The summed E-state index contributed by atoms with van der Waals surface area (Å²) in [6, 6.07) is 14.4. The number of primary amides is 1. The van der Waals surface area contributed by atoms with E-state index in [-0.39, 0.29) is 44.3 Å². The molecule has 1 aliphatic rings. The zero-order valence-electron chi connectivity index (χ0n) is 21.7. The van der Waals surface area contributed by atoms with Crippen LogP contribution in [-0.4, -0.2) is 16.8 Å². The van der Waals surface area contributed by atoms with Gasteiger partial charge in [0.1, 0.15) is 39.3 Å². The predicted molar refractivity (Wildman–Crippen MR) is 148 cm³/mol. The molecule has 0 saturated heterocycles. The molecule has 1 aliphatic carbocycles. The molecular formula is C30H21F4N3O4S. The van der Waals surface area contributed by atoms with E-state index < -0.39 is 29.5 Å². The zero-order chi connectivity index (χ0) is 29.6. The van der Waals surface area contributed by atoms with Gasteiger partial charge < -0.3 is 20.2 Å². The molecule has 3 aromatic heterocycles. The van der Waals surface area contributed by atoms with Crippen LogP contribution in [0, 0.1) is 5.82 Å². The van der Waals surface area contributed by atoms with E-state index in [9.17, 15) is 27.2 Å². The van der Waals surface area contributed by atoms with Gasteiger partial charge in [-0.1, -0.05) is 18.2 Å². The number of halogens is 4. The molecule has 0 fully saturated rings. The second-order valence-corrected chi connectivity index (χ2v) is 10.7. The first kappa shape index (κ1) is 27.5. The standard InChI is InChI=1S/C30H21F4N3O4S/c31-18-7-4-16(5-8-18)21-13-23(30(32,33)34)36-29-24(21)25(26(42-29)27(35)38)37-28(39)22-11-10-20(41-22)14-40-19-9-6-15-2-1-3-17(15)12-19/h4-13H,1-3,14H2,(H2,35,38)(H,37,39). The maximum absolute atomic E-state index is 13.7. The van der Waals surface area contributed by atoms with Crippen molar-refractivity contribution in [2.45, 2.75) is 32.0 Å². The Morgan fingerprint density at radius 1 is 1.02 bits per heavy atom. The molecule has 0 aliphatic heterocycles. The average Bonchev–Trinajstić information content (AvgIpc) is 3.70. The number of aryl methyl sites for hydroxylation is 2. The predicted octanol–water partition coefficient (Wildman–Crippen LogP) is 7.13. The van der Waals surface area contributed by atoms with Gasteiger partial charge in [0.25, 0.3) is 11.8 Å². The third-order valence-corrected chi connectivity index (χ3v) is 8.00. The van der Waals surface area contributed by atoms with E-state index in [2.05, 4.69) is 10.3 Å². The van der Waals surface area contributed by atoms with Crippen molar-refractivity contribution in [3.05, 3.63) is 99.7 Å². The largest absolute Gasteiger partial charge is 0.486 e. The number of aromatic nitrogens is 1. The number of carbonyl (C=O) groups excluding carboxylic acids is 2. The molecule has 0 spiro atoms. The van der Waals surface area contributed by atoms with Gasteiger partial charge in [-0.25, -0.2) is 9.37 Å². The fraction of sp³-hybridized carbons (Fsp3) is 0.167. The Labute approximate surface area is 239 Å². The lowest BCUT2D eigenvalue weighted by Gasteiger charge is -2.12. The molecule has 0 unspecified atom stereocenters. The Morgan fingerprint density at radius 2 is 1.79 bits per heavy atom. The van der Waals surface area contributed by atoms with Crippen molar-refractivity contribution in [3.8, 4) is 16.9 Å². The van der Waals surface area contributed by atoms with Gasteiger partial charge in [0.05, 0.1) is 5.69 Å². The van der Waals surface area contributed by atoms with Crippen LogP contribution in [0.1, 0.15) is 49.2 Å². The minimum Gasteiger partial charge on any atom is -0.486 e. The Hall–Kier alpha value is -4.71. The van der Waals surface area contributed by atoms with Crippen molar-refractivity contribution >= 4 is 39.1 Å². The van der Waals surface area contributed by atoms with Crippen LogP contribution >= 0.6 is 11.3 Å². The highest BCUT2D eigenvalue weighted by atomic mass is 32.1. The summed E-state index contributed by atoms with van der Waals surface area (Å²) in [7, 11) is 0. The maximum Gasteiger partial charge on any atom is 0.433 e. The minimum absolute atomic E-state index is 0.0192. The molecular weight excluding hydrogens is 574 g/mol. The van der Waals surface area contributed by atoms with Crippen LogP contribution in [-0.2, 0) is 25.6 Å². The molecule has 42 heavy (non-hydrogen) atoms. The van der Waals surface area contributed by atoms with Gasteiger partial charge in [-0.05, 0) is 84.0 Å². The van der Waals surface area contributed by atoms with Crippen LogP contribution in [0.3, 0.4) is 0 Å². The van der Waals surface area contributed by atoms with Crippen LogP contribution in [0.5, 0.6) is 5.75 Å². The summed E-state index contributed by atoms with van der Waals surface area (Å²) >= 11 is 0.606. The van der Waals surface area contributed by atoms with Crippen LogP contribution in [0.25, 0.3) is 21.3 Å². The van der Waals surface area contributed by atoms with E-state index >= 15 is 0 Å². The fourth-order valence-electron chi connectivity index (χ4n) is 4.94. The van der Waals surface area contributed by atoms with Gasteiger partial charge >= 0.3 is 6.18 Å². The number of furan rings is 1. The number of anilines is 1. The fourth-order valence-corrected chi connectivity index (χ4v) is 5.95. The molecule has 7 nitrogen and oxygen atoms in total. The molecule has 0 radical (unpaired) electrons. The van der Waals surface area contributed by atoms with Gasteiger partial charge in [-0.3, -0.25) is 9.59 Å². The molecule has 3 N–H and O–H groups in total. The quantitative estimate of drug-likeness (QED) is 0.195. The first-order valence-corrected chi connectivity index (χ1v) is 13.6. The molecule has 0 saturated carbocycles. The van der Waals surface area contributed by atoms with Gasteiger partial charge in [-0.15, -0.1) is 11.3 Å². The van der Waals surface area contributed by atoms with Crippen LogP contribution in [0.15, 0.2) is 65.1 Å². The van der Waals surface area contributed by atoms with Crippen molar-refractivity contribution < 1.29 is 36.3 Å². The Kier molecular flexibility index (Phi) is 6.93. The molecule has 5 aromatic rings. The molecule has 0 bridgehead atoms. The molecule has 6 rings (SSSR count). The number of carbonyl (C=O) groups is 2. The summed E-state index contributed by atoms with van der Waals surface area (Å²) in [5, 5.41) is 2.62. The second kappa shape index (κ2) is 10.6. The monoisotopic (exact) mass is 595 g/mol. The topological polar surface area (TPSA) is 107 Å². The summed E-state index contributed by atoms with van der Waals surface area (Å²) in [4.78, 5) is 28.8. The average molecular weight is 596 g/mol. The number of amides is 2. The van der Waals surface area contributed by atoms with E-state index in [0.717, 1.165) is 37.5 Å². The lowest BCUT2D eigenvalue weighted by molar-refractivity contribution is -0.140. The van der Waals surface area contributed by atoms with Crippen molar-refractivity contribution in [2.75, 3.05) is 5.32 Å². The summed E-state index contributed by atoms with van der Waals surface area (Å²) in [5.41, 5.74) is 6.94. The maximum atomic E-state index is 13.7. The number of benzene rings is 2. The van der Waals surface area contributed by atoms with Crippen LogP contribution in [0.2, 0.25) is 0 Å². The number of hydrogen-bond donors (Lipinski definition) is 2. The van der Waals surface area contributed by atoms with Crippen molar-refractivity contribution in [1.82, 2.24) is 4.98 Å². The lowest BCUT2D eigenvalue weighted by atomic mass is 10.0. The van der Waals surface area contributed by atoms with Gasteiger partial charge in [0, 0.05) is 5.39 Å². The normalized spacial score (nSPS) is 12.9. The number of hydrogen-bond acceptors (Lipinski definition) is 6. The smallest absolute Gasteiger partial charge is 0.433 e. The van der Waals surface area contributed by atoms with E-state index in [1.165, 1.54) is 29.3 Å². The number of pyridine rings is 1. The molecule has 3 heterocycles. The van der Waals surface area contributed by atoms with Gasteiger partial charge in [-0.2, -0.15) is 13.2 Å². The molecule has 2 aromatic carbocycles. The summed E-state index contributed by atoms with van der Waals surface area (Å²) < 4.78 is 66.2. The van der Waals surface area contributed by atoms with E-state index in [4.69, 9.17) is 14.9 Å². The number of rotatable bonds is 7. The van der Waals surface area contributed by atoms with E-state index in [1.54, 1.807) is 6.07 Å². The number of fused-ring (bicyclic) bond motifs is 2. The highest BCUT2D eigenvalue weighted by Crippen LogP contribution is 2.44. The number of nitrogens with two attached hydrogens (primary N) is 1. The number of alkyl halides is 3. The molecule has 12 heteroatoms. The number of nitrogens with one attached hydrogen (secondary N) is 1. The zero-order valence-corrected chi connectivity index (χ0v) is 22.5. The van der Waals surface area contributed by atoms with E-state index in [0.29, 0.717) is 22.8 Å². The highest BCUT2D eigenvalue weighted by Gasteiger charge is 2.35. The SMILES string of the molecule is NC(=O)c1sc2nc(C(F)(F)F)cc(-c3ccc(F)cc3)c2c1NC(=O)c1ccc(COc2ccc3c(c2)CCC3)o1. The van der Waals surface area contributed by atoms with Gasteiger partial charge in [0.2, 0.25) is 0 Å². The minimum atomic E-state index is -4.81. The Morgan fingerprint density at radius 3 is 2.52 bits per heavy atom. The highest BCUT2D eigenvalue weighted by molar-refractivity contribution is 7.21. The molecule has 0 atom stereocenters. The van der Waals surface area contributed by atoms with E-state index in [1.807, 2.05) is 18.2 Å². The molecule has 214 valence electrons. The third-order valence-electron chi connectivity index (χ3n) is 6.91. The van der Waals surface area contributed by atoms with Crippen molar-refractivity contribution in [1.29, 1.82) is 0 Å². The van der Waals surface area contributed by atoms with Crippen molar-refractivity contribution in [2.24, 2.45) is 5.73 Å². The number of nitrogens with zero attached hydrogens (tertiary/aromatic N) is 1. The first-order chi connectivity index (χ1) is 20.1. The Balaban J connectivity index is 1.32. The summed E-state index contributed by atoms with van der Waals surface area (Å²) in [6.45, 7) is 0.0544. The molecule has 2 amide bonds. The number of thiophene rings is 1. The summed E-state index contributed by atoms with van der Waals surface area (Å²) in [6.07, 6.45) is -1.65. The summed E-state index contributed by atoms with van der Waals surface area (Å²) in [5.74, 6) is -1.44. The van der Waals surface area contributed by atoms with Crippen molar-refractivity contribution in [3.63, 3.8) is 0 Å². The number of ether oxygens (including phenoxy) is 1. The lowest BCUT2D eigenvalue weighted by Crippen LogP contribution is -2.16. The van der Waals surface area contributed by atoms with Crippen LogP contribution in [0.4, 0.5) is 23.2 Å².